The topological polar surface area (TPSA) is 70.1 Å². The summed E-state index contributed by atoms with van der Waals surface area (Å²) in [5.74, 6) is -0.457. The van der Waals surface area contributed by atoms with Gasteiger partial charge in [0.2, 0.25) is 0 Å². The van der Waals surface area contributed by atoms with Crippen molar-refractivity contribution in [2.75, 3.05) is 26.3 Å². The van der Waals surface area contributed by atoms with Crippen LogP contribution in [0, 0.1) is 12.7 Å². The minimum Gasteiger partial charge on any atom is -0.489 e. The Kier molecular flexibility index (Phi) is 6.87. The van der Waals surface area contributed by atoms with Crippen molar-refractivity contribution < 1.29 is 41.3 Å². The van der Waals surface area contributed by atoms with Gasteiger partial charge in [0.15, 0.2) is 15.7 Å². The maximum Gasteiger partial charge on any atom is 0.522 e. The molecule has 2 unspecified atom stereocenters. The normalized spacial score (nSPS) is 23.7. The highest BCUT2D eigenvalue weighted by atomic mass is 19.4. The van der Waals surface area contributed by atoms with Crippen molar-refractivity contribution in [3.63, 3.8) is 0 Å². The molecule has 1 amide bonds. The number of piperidine rings is 1. The molecule has 35 heavy (non-hydrogen) atoms. The number of pyridine rings is 1. The van der Waals surface area contributed by atoms with Crippen molar-refractivity contribution in [2.45, 2.75) is 37.0 Å². The summed E-state index contributed by atoms with van der Waals surface area (Å²) in [5.41, 5.74) is -0.625. The second kappa shape index (κ2) is 9.44. The zero-order chi connectivity index (χ0) is 25.4. The summed E-state index contributed by atoms with van der Waals surface area (Å²) >= 11 is 0. The fourth-order valence-corrected chi connectivity index (χ4v) is 4.57. The van der Waals surface area contributed by atoms with E-state index < -0.39 is 30.3 Å². The van der Waals surface area contributed by atoms with Crippen molar-refractivity contribution >= 4 is 21.6 Å². The fraction of sp³-hybridized carbons (Fsp3) is 0.455. The van der Waals surface area contributed by atoms with Gasteiger partial charge in [-0.15, -0.1) is 13.2 Å². The number of nitrogens with zero attached hydrogens (tertiary/aromatic N) is 2. The second-order valence-electron chi connectivity index (χ2n) is 8.93. The van der Waals surface area contributed by atoms with Gasteiger partial charge in [0.05, 0.1) is 24.4 Å². The molecular formula is C22H24B2F4N2O5. The first kappa shape index (κ1) is 25.5. The van der Waals surface area contributed by atoms with Gasteiger partial charge in [-0.25, -0.2) is 9.37 Å². The molecule has 13 heteroatoms. The Bertz CT molecular complexity index is 1100. The van der Waals surface area contributed by atoms with E-state index in [-0.39, 0.29) is 36.3 Å². The number of benzene rings is 1. The highest BCUT2D eigenvalue weighted by Crippen LogP contribution is 2.47. The standard InChI is InChI=1S/C22H24B2F4N2O5/c1-13-17(32-9-10-33-22(26,27)28)6-5-16(29-13)19(31)30-8-7-20(14-3-2-4-15(25)11-14)18(12-30)34-21(23,24)35-20/h2-6,11,18H,7-10,12,23-24H2,1H3. The van der Waals surface area contributed by atoms with Crippen molar-refractivity contribution in [1.29, 1.82) is 0 Å². The quantitative estimate of drug-likeness (QED) is 0.345. The number of carbonyl (C=O) groups excluding carboxylic acids is 1. The van der Waals surface area contributed by atoms with Crippen molar-refractivity contribution in [3.05, 3.63) is 59.2 Å². The molecular weight excluding hydrogens is 470 g/mol. The van der Waals surface area contributed by atoms with Gasteiger partial charge in [-0.1, -0.05) is 12.1 Å². The Morgan fingerprint density at radius 1 is 1.26 bits per heavy atom. The van der Waals surface area contributed by atoms with Crippen molar-refractivity contribution in [1.82, 2.24) is 9.88 Å². The molecule has 0 saturated carbocycles. The van der Waals surface area contributed by atoms with Gasteiger partial charge in [0.25, 0.3) is 5.91 Å². The first-order chi connectivity index (χ1) is 16.4. The van der Waals surface area contributed by atoms with Gasteiger partial charge in [-0.3, -0.25) is 9.53 Å². The summed E-state index contributed by atoms with van der Waals surface area (Å²) in [7, 11) is 3.56. The molecule has 0 spiro atoms. The van der Waals surface area contributed by atoms with Gasteiger partial charge in [0, 0.05) is 13.0 Å². The van der Waals surface area contributed by atoms with E-state index in [0.717, 1.165) is 0 Å². The molecule has 0 radical (unpaired) electrons. The molecule has 2 aliphatic rings. The number of hydrogen-bond donors (Lipinski definition) is 0. The lowest BCUT2D eigenvalue weighted by atomic mass is 9.76. The van der Waals surface area contributed by atoms with Crippen LogP contribution in [0.4, 0.5) is 17.6 Å². The van der Waals surface area contributed by atoms with Crippen LogP contribution in [0.1, 0.15) is 28.2 Å². The molecule has 0 bridgehead atoms. The smallest absolute Gasteiger partial charge is 0.489 e. The number of aromatic nitrogens is 1. The molecule has 1 aromatic heterocycles. The Balaban J connectivity index is 1.45. The molecule has 2 saturated heterocycles. The summed E-state index contributed by atoms with van der Waals surface area (Å²) in [6, 6.07) is 9.15. The summed E-state index contributed by atoms with van der Waals surface area (Å²) in [5, 5.41) is 0. The van der Waals surface area contributed by atoms with E-state index in [1.165, 1.54) is 24.3 Å². The summed E-state index contributed by atoms with van der Waals surface area (Å²) < 4.78 is 71.6. The number of rotatable bonds is 6. The summed E-state index contributed by atoms with van der Waals surface area (Å²) in [4.78, 5) is 19.1. The molecule has 186 valence electrons. The first-order valence-electron chi connectivity index (χ1n) is 11.1. The molecule has 2 atom stereocenters. The number of halogens is 4. The van der Waals surface area contributed by atoms with Crippen LogP contribution in [0.5, 0.6) is 5.75 Å². The predicted molar refractivity (Wildman–Crippen MR) is 121 cm³/mol. The number of hydrogen-bond acceptors (Lipinski definition) is 6. The molecule has 2 fully saturated rings. The molecule has 0 N–H and O–H groups in total. The first-order valence-corrected chi connectivity index (χ1v) is 11.1. The second-order valence-corrected chi connectivity index (χ2v) is 8.93. The van der Waals surface area contributed by atoms with Crippen LogP contribution in [0.2, 0.25) is 0 Å². The number of alkyl halides is 3. The number of fused-ring (bicyclic) bond motifs is 1. The fourth-order valence-electron chi connectivity index (χ4n) is 4.57. The van der Waals surface area contributed by atoms with Crippen LogP contribution in [0.25, 0.3) is 0 Å². The highest BCUT2D eigenvalue weighted by molar-refractivity contribution is 6.38. The SMILES string of the molecule is BC1(B)OC2CN(C(=O)c3ccc(OCCOC(F)(F)F)c(C)n3)CCC2(c2cccc(F)c2)O1. The number of ether oxygens (including phenoxy) is 4. The van der Waals surface area contributed by atoms with Gasteiger partial charge in [-0.05, 0) is 36.8 Å². The van der Waals surface area contributed by atoms with Crippen LogP contribution >= 0.6 is 0 Å². The molecule has 3 heterocycles. The van der Waals surface area contributed by atoms with Gasteiger partial charge in [-0.2, -0.15) is 0 Å². The van der Waals surface area contributed by atoms with Gasteiger partial charge in [0.1, 0.15) is 35.6 Å². The number of carbonyl (C=O) groups is 1. The minimum absolute atomic E-state index is 0.165. The maximum absolute atomic E-state index is 14.0. The minimum atomic E-state index is -4.73. The Labute approximate surface area is 201 Å². The molecule has 2 aliphatic heterocycles. The third-order valence-corrected chi connectivity index (χ3v) is 5.98. The van der Waals surface area contributed by atoms with E-state index in [9.17, 15) is 22.4 Å². The Morgan fingerprint density at radius 2 is 2.03 bits per heavy atom. The third kappa shape index (κ3) is 5.62. The van der Waals surface area contributed by atoms with Crippen LogP contribution in [0.15, 0.2) is 36.4 Å². The molecule has 7 nitrogen and oxygen atoms in total. The lowest BCUT2D eigenvalue weighted by Gasteiger charge is -2.42. The Hall–Kier alpha value is -2.63. The van der Waals surface area contributed by atoms with E-state index in [2.05, 4.69) is 9.72 Å². The number of likely N-dealkylation sites (tertiary alicyclic amines) is 1. The average molecular weight is 494 g/mol. The summed E-state index contributed by atoms with van der Waals surface area (Å²) in [6.45, 7) is 1.16. The Morgan fingerprint density at radius 3 is 2.71 bits per heavy atom. The largest absolute Gasteiger partial charge is 0.522 e. The average Bonchev–Trinajstić information content (AvgIpc) is 3.06. The predicted octanol–water partition coefficient (Wildman–Crippen LogP) is 1.48. The molecule has 1 aromatic carbocycles. The van der Waals surface area contributed by atoms with Crippen molar-refractivity contribution in [3.8, 4) is 5.75 Å². The maximum atomic E-state index is 14.0. The van der Waals surface area contributed by atoms with Crippen LogP contribution in [-0.2, 0) is 19.8 Å². The van der Waals surface area contributed by atoms with E-state index >= 15 is 0 Å². The van der Waals surface area contributed by atoms with Gasteiger partial charge < -0.3 is 19.1 Å². The molecule has 0 aliphatic carbocycles. The lowest BCUT2D eigenvalue weighted by molar-refractivity contribution is -0.325. The highest BCUT2D eigenvalue weighted by Gasteiger charge is 2.56. The van der Waals surface area contributed by atoms with Crippen LogP contribution in [0.3, 0.4) is 0 Å². The van der Waals surface area contributed by atoms with E-state index in [0.29, 0.717) is 24.2 Å². The van der Waals surface area contributed by atoms with E-state index in [1.807, 2.05) is 0 Å². The molecule has 2 aromatic rings. The van der Waals surface area contributed by atoms with Gasteiger partial charge >= 0.3 is 6.36 Å². The number of amides is 1. The number of aryl methyl sites for hydroxylation is 1. The van der Waals surface area contributed by atoms with Crippen LogP contribution < -0.4 is 4.74 Å². The van der Waals surface area contributed by atoms with E-state index in [4.69, 9.17) is 14.2 Å². The van der Waals surface area contributed by atoms with E-state index in [1.54, 1.807) is 39.6 Å². The zero-order valence-electron chi connectivity index (χ0n) is 19.5. The molecule has 4 rings (SSSR count). The van der Waals surface area contributed by atoms with Crippen LogP contribution in [-0.4, -0.2) is 75.8 Å². The van der Waals surface area contributed by atoms with Crippen molar-refractivity contribution in [2.24, 2.45) is 0 Å². The summed E-state index contributed by atoms with van der Waals surface area (Å²) in [6.07, 6.45) is -4.85. The zero-order valence-corrected chi connectivity index (χ0v) is 19.5. The third-order valence-electron chi connectivity index (χ3n) is 5.98. The lowest BCUT2D eigenvalue weighted by Crippen LogP contribution is -2.53. The monoisotopic (exact) mass is 494 g/mol.